The van der Waals surface area contributed by atoms with Crippen LogP contribution in [0, 0.1) is 0 Å². The molecule has 1 aromatic rings. The van der Waals surface area contributed by atoms with Crippen molar-refractivity contribution in [2.75, 3.05) is 26.5 Å². The quantitative estimate of drug-likeness (QED) is 0.728. The number of carbonyl (C=O) groups excluding carboxylic acids is 2. The zero-order valence-corrected chi connectivity index (χ0v) is 13.1. The van der Waals surface area contributed by atoms with E-state index in [9.17, 15) is 18.0 Å². The standard InChI is InChI=1S/C14H19NO5S/c1-4-20-13(16)9-15(2)14(17)12-7-5-11(6-8-12)10-21(3,18)19/h5-8H,4,9-10H2,1-3H3. The Morgan fingerprint density at radius 3 is 2.24 bits per heavy atom. The Labute approximate surface area is 124 Å². The van der Waals surface area contributed by atoms with Gasteiger partial charge < -0.3 is 9.64 Å². The topological polar surface area (TPSA) is 80.8 Å². The first-order valence-electron chi connectivity index (χ1n) is 6.40. The van der Waals surface area contributed by atoms with Gasteiger partial charge in [-0.2, -0.15) is 0 Å². The normalized spacial score (nSPS) is 11.0. The molecule has 6 nitrogen and oxygen atoms in total. The van der Waals surface area contributed by atoms with Crippen molar-refractivity contribution in [2.45, 2.75) is 12.7 Å². The van der Waals surface area contributed by atoms with Crippen molar-refractivity contribution in [1.82, 2.24) is 4.90 Å². The lowest BCUT2D eigenvalue weighted by Crippen LogP contribution is -2.33. The van der Waals surface area contributed by atoms with Crippen molar-refractivity contribution >= 4 is 21.7 Å². The zero-order chi connectivity index (χ0) is 16.0. The fourth-order valence-corrected chi connectivity index (χ4v) is 2.54. The summed E-state index contributed by atoms with van der Waals surface area (Å²) in [6, 6.07) is 6.27. The number of carbonyl (C=O) groups is 2. The van der Waals surface area contributed by atoms with Gasteiger partial charge in [0.25, 0.3) is 5.91 Å². The van der Waals surface area contributed by atoms with E-state index in [2.05, 4.69) is 0 Å². The van der Waals surface area contributed by atoms with Crippen LogP contribution in [0.15, 0.2) is 24.3 Å². The van der Waals surface area contributed by atoms with Crippen LogP contribution in [-0.4, -0.2) is 51.6 Å². The lowest BCUT2D eigenvalue weighted by atomic mass is 10.1. The van der Waals surface area contributed by atoms with Crippen molar-refractivity contribution < 1.29 is 22.7 Å². The molecule has 0 N–H and O–H groups in total. The summed E-state index contributed by atoms with van der Waals surface area (Å²) in [7, 11) is -1.60. The Bertz CT molecular complexity index is 607. The molecule has 1 amide bonds. The van der Waals surface area contributed by atoms with E-state index in [1.807, 2.05) is 0 Å². The first-order valence-corrected chi connectivity index (χ1v) is 8.46. The molecule has 21 heavy (non-hydrogen) atoms. The van der Waals surface area contributed by atoms with E-state index in [-0.39, 0.29) is 24.8 Å². The van der Waals surface area contributed by atoms with Crippen LogP contribution in [0.5, 0.6) is 0 Å². The molecule has 0 saturated carbocycles. The molecule has 0 bridgehead atoms. The maximum atomic E-state index is 12.1. The van der Waals surface area contributed by atoms with Crippen LogP contribution in [0.2, 0.25) is 0 Å². The highest BCUT2D eigenvalue weighted by Crippen LogP contribution is 2.09. The van der Waals surface area contributed by atoms with Gasteiger partial charge in [-0.05, 0) is 24.6 Å². The van der Waals surface area contributed by atoms with Crippen LogP contribution in [-0.2, 0) is 25.1 Å². The number of hydrogen-bond acceptors (Lipinski definition) is 5. The monoisotopic (exact) mass is 313 g/mol. The molecule has 7 heteroatoms. The van der Waals surface area contributed by atoms with E-state index in [0.29, 0.717) is 11.1 Å². The number of esters is 1. The highest BCUT2D eigenvalue weighted by atomic mass is 32.2. The summed E-state index contributed by atoms with van der Waals surface area (Å²) in [6.07, 6.45) is 1.15. The lowest BCUT2D eigenvalue weighted by Gasteiger charge is -2.16. The third-order valence-corrected chi connectivity index (χ3v) is 3.51. The smallest absolute Gasteiger partial charge is 0.325 e. The SMILES string of the molecule is CCOC(=O)CN(C)C(=O)c1ccc(CS(C)(=O)=O)cc1. The molecule has 0 aromatic heterocycles. The molecule has 0 unspecified atom stereocenters. The van der Waals surface area contributed by atoms with E-state index in [4.69, 9.17) is 4.74 Å². The molecule has 0 aliphatic heterocycles. The first kappa shape index (κ1) is 17.2. The van der Waals surface area contributed by atoms with Crippen LogP contribution in [0.3, 0.4) is 0 Å². The fraction of sp³-hybridized carbons (Fsp3) is 0.429. The van der Waals surface area contributed by atoms with Gasteiger partial charge in [-0.15, -0.1) is 0 Å². The van der Waals surface area contributed by atoms with Gasteiger partial charge in [-0.25, -0.2) is 8.42 Å². The van der Waals surface area contributed by atoms with Crippen molar-refractivity contribution in [1.29, 1.82) is 0 Å². The second kappa shape index (κ2) is 7.21. The van der Waals surface area contributed by atoms with E-state index in [1.165, 1.54) is 11.9 Å². The Morgan fingerprint density at radius 1 is 1.19 bits per heavy atom. The summed E-state index contributed by atoms with van der Waals surface area (Å²) >= 11 is 0. The summed E-state index contributed by atoms with van der Waals surface area (Å²) in [5, 5.41) is 0. The fourth-order valence-electron chi connectivity index (χ4n) is 1.74. The summed E-state index contributed by atoms with van der Waals surface area (Å²) in [6.45, 7) is 1.83. The number of ether oxygens (including phenoxy) is 1. The summed E-state index contributed by atoms with van der Waals surface area (Å²) in [5.41, 5.74) is 1.00. The predicted octanol–water partition coefficient (Wildman–Crippen LogP) is 0.866. The number of benzene rings is 1. The molecular weight excluding hydrogens is 294 g/mol. The number of likely N-dealkylation sites (N-methyl/N-ethyl adjacent to an activating group) is 1. The highest BCUT2D eigenvalue weighted by molar-refractivity contribution is 7.89. The minimum atomic E-state index is -3.11. The van der Waals surface area contributed by atoms with Crippen molar-refractivity contribution in [3.05, 3.63) is 35.4 Å². The van der Waals surface area contributed by atoms with Gasteiger partial charge in [0.1, 0.15) is 6.54 Å². The molecule has 0 heterocycles. The van der Waals surface area contributed by atoms with Gasteiger partial charge in [0.2, 0.25) is 0 Å². The largest absolute Gasteiger partial charge is 0.465 e. The Morgan fingerprint density at radius 2 is 1.76 bits per heavy atom. The van der Waals surface area contributed by atoms with Crippen molar-refractivity contribution in [3.63, 3.8) is 0 Å². The minimum absolute atomic E-state index is 0.0693. The molecule has 1 rings (SSSR count). The molecule has 0 aliphatic rings. The predicted molar refractivity (Wildman–Crippen MR) is 78.6 cm³/mol. The number of rotatable bonds is 6. The second-order valence-corrected chi connectivity index (χ2v) is 6.87. The average Bonchev–Trinajstić information content (AvgIpc) is 2.37. The molecule has 0 aliphatic carbocycles. The van der Waals surface area contributed by atoms with Gasteiger partial charge in [-0.3, -0.25) is 9.59 Å². The number of nitrogens with zero attached hydrogens (tertiary/aromatic N) is 1. The van der Waals surface area contributed by atoms with Gasteiger partial charge in [0.15, 0.2) is 9.84 Å². The number of hydrogen-bond donors (Lipinski definition) is 0. The maximum absolute atomic E-state index is 12.1. The van der Waals surface area contributed by atoms with Crippen LogP contribution >= 0.6 is 0 Å². The molecule has 0 fully saturated rings. The third kappa shape index (κ3) is 5.95. The lowest BCUT2D eigenvalue weighted by molar-refractivity contribution is -0.143. The minimum Gasteiger partial charge on any atom is -0.465 e. The van der Waals surface area contributed by atoms with Gasteiger partial charge in [0, 0.05) is 18.9 Å². The number of amides is 1. The second-order valence-electron chi connectivity index (χ2n) is 4.73. The molecule has 0 spiro atoms. The van der Waals surface area contributed by atoms with Crippen molar-refractivity contribution in [2.24, 2.45) is 0 Å². The zero-order valence-electron chi connectivity index (χ0n) is 12.3. The molecule has 1 aromatic carbocycles. The van der Waals surface area contributed by atoms with Crippen LogP contribution in [0.1, 0.15) is 22.8 Å². The molecule has 116 valence electrons. The third-order valence-electron chi connectivity index (χ3n) is 2.65. The van der Waals surface area contributed by atoms with Crippen LogP contribution < -0.4 is 0 Å². The Hall–Kier alpha value is -1.89. The van der Waals surface area contributed by atoms with Crippen LogP contribution in [0.4, 0.5) is 0 Å². The van der Waals surface area contributed by atoms with E-state index in [0.717, 1.165) is 6.26 Å². The number of sulfone groups is 1. The van der Waals surface area contributed by atoms with E-state index >= 15 is 0 Å². The Balaban J connectivity index is 2.72. The van der Waals surface area contributed by atoms with E-state index in [1.54, 1.807) is 31.2 Å². The van der Waals surface area contributed by atoms with E-state index < -0.39 is 15.8 Å². The maximum Gasteiger partial charge on any atom is 0.325 e. The van der Waals surface area contributed by atoms with Crippen molar-refractivity contribution in [3.8, 4) is 0 Å². The average molecular weight is 313 g/mol. The van der Waals surface area contributed by atoms with Gasteiger partial charge >= 0.3 is 5.97 Å². The Kier molecular flexibility index (Phi) is 5.90. The molecule has 0 radical (unpaired) electrons. The molecule has 0 saturated heterocycles. The first-order chi connectivity index (χ1) is 9.73. The van der Waals surface area contributed by atoms with Crippen LogP contribution in [0.25, 0.3) is 0 Å². The summed E-state index contributed by atoms with van der Waals surface area (Å²) < 4.78 is 27.1. The highest BCUT2D eigenvalue weighted by Gasteiger charge is 2.15. The van der Waals surface area contributed by atoms with Gasteiger partial charge in [-0.1, -0.05) is 12.1 Å². The summed E-state index contributed by atoms with van der Waals surface area (Å²) in [4.78, 5) is 24.7. The van der Waals surface area contributed by atoms with Gasteiger partial charge in [0.05, 0.1) is 12.4 Å². The summed E-state index contributed by atoms with van der Waals surface area (Å²) in [5.74, 6) is -0.865. The molecule has 0 atom stereocenters. The molecular formula is C14H19NO5S.